The number of carboxylic acid groups (broad SMARTS) is 1. The molecule has 18 heavy (non-hydrogen) atoms. The van der Waals surface area contributed by atoms with Crippen molar-refractivity contribution in [3.05, 3.63) is 27.7 Å². The van der Waals surface area contributed by atoms with Gasteiger partial charge in [-0.3, -0.25) is 0 Å². The van der Waals surface area contributed by atoms with Crippen molar-refractivity contribution in [1.29, 1.82) is 0 Å². The summed E-state index contributed by atoms with van der Waals surface area (Å²) in [5.41, 5.74) is 0.621. The average Bonchev–Trinajstić information content (AvgIpc) is 2.30. The number of aryl methyl sites for hydroxylation is 1. The Morgan fingerprint density at radius 3 is 2.50 bits per heavy atom. The minimum atomic E-state index is -1.12. The van der Waals surface area contributed by atoms with Gasteiger partial charge in [0.1, 0.15) is 11.3 Å². The highest BCUT2D eigenvalue weighted by atomic mass is 79.9. The molecule has 1 aromatic carbocycles. The first-order valence-corrected chi connectivity index (χ1v) is 5.94. The molecule has 5 nitrogen and oxygen atoms in total. The van der Waals surface area contributed by atoms with Crippen LogP contribution in [0.3, 0.4) is 0 Å². The van der Waals surface area contributed by atoms with E-state index in [-0.39, 0.29) is 11.3 Å². The molecule has 98 valence electrons. The van der Waals surface area contributed by atoms with Crippen LogP contribution < -0.4 is 4.74 Å². The van der Waals surface area contributed by atoms with Crippen LogP contribution in [0.2, 0.25) is 0 Å². The van der Waals surface area contributed by atoms with Crippen molar-refractivity contribution in [1.82, 2.24) is 0 Å². The molecule has 6 heteroatoms. The molecule has 1 rings (SSSR count). The Balaban J connectivity index is 3.15. The second kappa shape index (κ2) is 5.86. The van der Waals surface area contributed by atoms with Gasteiger partial charge in [0.2, 0.25) is 0 Å². The zero-order valence-electron chi connectivity index (χ0n) is 10.2. The fraction of sp³-hybridized carbons (Fsp3) is 0.333. The number of aromatic carboxylic acids is 1. The average molecular weight is 317 g/mol. The summed E-state index contributed by atoms with van der Waals surface area (Å²) in [5.74, 6) is -1.51. The molecule has 0 radical (unpaired) electrons. The predicted molar refractivity (Wildman–Crippen MR) is 67.9 cm³/mol. The van der Waals surface area contributed by atoms with Crippen molar-refractivity contribution in [2.45, 2.75) is 20.0 Å². The van der Waals surface area contributed by atoms with Crippen molar-refractivity contribution in [3.63, 3.8) is 0 Å². The first kappa shape index (κ1) is 14.5. The molecule has 0 bridgehead atoms. The van der Waals surface area contributed by atoms with Crippen LogP contribution in [0, 0.1) is 6.92 Å². The van der Waals surface area contributed by atoms with Crippen molar-refractivity contribution in [2.75, 3.05) is 7.11 Å². The highest BCUT2D eigenvalue weighted by molar-refractivity contribution is 9.10. The zero-order chi connectivity index (χ0) is 13.9. The van der Waals surface area contributed by atoms with Gasteiger partial charge in [-0.2, -0.15) is 0 Å². The predicted octanol–water partition coefficient (Wildman–Crippen LogP) is 2.40. The molecule has 0 saturated heterocycles. The molecule has 1 atom stereocenters. The van der Waals surface area contributed by atoms with Gasteiger partial charge >= 0.3 is 11.9 Å². The van der Waals surface area contributed by atoms with E-state index in [4.69, 9.17) is 9.84 Å². The SMILES string of the molecule is COC(=O)C(C)Oc1c(C)cc(Br)cc1C(=O)O. The van der Waals surface area contributed by atoms with E-state index >= 15 is 0 Å². The van der Waals surface area contributed by atoms with Gasteiger partial charge in [-0.25, -0.2) is 9.59 Å². The van der Waals surface area contributed by atoms with E-state index in [1.165, 1.54) is 20.1 Å². The number of carboxylic acids is 1. The van der Waals surface area contributed by atoms with E-state index in [9.17, 15) is 9.59 Å². The van der Waals surface area contributed by atoms with Crippen molar-refractivity contribution < 1.29 is 24.2 Å². The van der Waals surface area contributed by atoms with Crippen molar-refractivity contribution in [2.24, 2.45) is 0 Å². The summed E-state index contributed by atoms with van der Waals surface area (Å²) >= 11 is 3.21. The Labute approximate surface area is 113 Å². The minimum Gasteiger partial charge on any atom is -0.478 e. The summed E-state index contributed by atoms with van der Waals surface area (Å²) in [6.07, 6.45) is -0.868. The zero-order valence-corrected chi connectivity index (χ0v) is 11.8. The first-order chi connectivity index (χ1) is 8.36. The van der Waals surface area contributed by atoms with Gasteiger partial charge in [-0.15, -0.1) is 0 Å². The molecule has 0 amide bonds. The molecule has 0 fully saturated rings. The van der Waals surface area contributed by atoms with Crippen LogP contribution in [0.15, 0.2) is 16.6 Å². The van der Waals surface area contributed by atoms with Gasteiger partial charge < -0.3 is 14.6 Å². The number of benzene rings is 1. The summed E-state index contributed by atoms with van der Waals surface area (Å²) in [4.78, 5) is 22.4. The molecule has 0 heterocycles. The number of esters is 1. The molecular formula is C12H13BrO5. The van der Waals surface area contributed by atoms with Crippen LogP contribution in [0.1, 0.15) is 22.8 Å². The van der Waals surface area contributed by atoms with Gasteiger partial charge in [-0.05, 0) is 31.5 Å². The maximum absolute atomic E-state index is 11.3. The lowest BCUT2D eigenvalue weighted by Crippen LogP contribution is -2.26. The quantitative estimate of drug-likeness (QED) is 0.863. The first-order valence-electron chi connectivity index (χ1n) is 5.14. The maximum Gasteiger partial charge on any atom is 0.346 e. The normalized spacial score (nSPS) is 11.8. The van der Waals surface area contributed by atoms with E-state index in [1.54, 1.807) is 13.0 Å². The summed E-state index contributed by atoms with van der Waals surface area (Å²) in [6.45, 7) is 3.20. The van der Waals surface area contributed by atoms with E-state index in [2.05, 4.69) is 20.7 Å². The Morgan fingerprint density at radius 2 is 2.00 bits per heavy atom. The summed E-state index contributed by atoms with van der Waals surface area (Å²) < 4.78 is 10.5. The van der Waals surface area contributed by atoms with Crippen LogP contribution in [0.4, 0.5) is 0 Å². The standard InChI is InChI=1S/C12H13BrO5/c1-6-4-8(13)5-9(11(14)15)10(6)18-7(2)12(16)17-3/h4-5,7H,1-3H3,(H,14,15). The molecule has 0 spiro atoms. The third kappa shape index (κ3) is 3.22. The number of hydrogen-bond acceptors (Lipinski definition) is 4. The van der Waals surface area contributed by atoms with Gasteiger partial charge in [0.05, 0.1) is 7.11 Å². The van der Waals surface area contributed by atoms with Gasteiger partial charge in [0.15, 0.2) is 6.10 Å². The Kier molecular flexibility index (Phi) is 4.72. The lowest BCUT2D eigenvalue weighted by molar-refractivity contribution is -0.147. The lowest BCUT2D eigenvalue weighted by Gasteiger charge is -2.16. The van der Waals surface area contributed by atoms with Gasteiger partial charge in [-0.1, -0.05) is 15.9 Å². The number of halogens is 1. The van der Waals surface area contributed by atoms with Crippen LogP contribution in [0.25, 0.3) is 0 Å². The van der Waals surface area contributed by atoms with E-state index in [0.717, 1.165) is 0 Å². The third-order valence-corrected chi connectivity index (χ3v) is 2.76. The van der Waals surface area contributed by atoms with Crippen LogP contribution in [0.5, 0.6) is 5.75 Å². The number of hydrogen-bond donors (Lipinski definition) is 1. The topological polar surface area (TPSA) is 72.8 Å². The fourth-order valence-corrected chi connectivity index (χ4v) is 2.01. The molecule has 0 aromatic heterocycles. The molecular weight excluding hydrogens is 304 g/mol. The van der Waals surface area contributed by atoms with Gasteiger partial charge in [0, 0.05) is 4.47 Å². The number of ether oxygens (including phenoxy) is 2. The van der Waals surface area contributed by atoms with Crippen LogP contribution in [-0.4, -0.2) is 30.3 Å². The summed E-state index contributed by atoms with van der Waals surface area (Å²) in [7, 11) is 1.24. The molecule has 1 aromatic rings. The molecule has 0 aliphatic rings. The maximum atomic E-state index is 11.3. The summed E-state index contributed by atoms with van der Waals surface area (Å²) in [6, 6.07) is 3.14. The molecule has 1 unspecified atom stereocenters. The number of carbonyl (C=O) groups is 2. The van der Waals surface area contributed by atoms with Crippen LogP contribution >= 0.6 is 15.9 Å². The molecule has 0 saturated carbocycles. The number of methoxy groups -OCH3 is 1. The van der Waals surface area contributed by atoms with Crippen LogP contribution in [-0.2, 0) is 9.53 Å². The molecule has 0 aliphatic carbocycles. The Bertz CT molecular complexity index is 484. The van der Waals surface area contributed by atoms with E-state index in [1.807, 2.05) is 0 Å². The number of carbonyl (C=O) groups excluding carboxylic acids is 1. The second-order valence-corrected chi connectivity index (χ2v) is 4.60. The van der Waals surface area contributed by atoms with E-state index < -0.39 is 18.0 Å². The highest BCUT2D eigenvalue weighted by Crippen LogP contribution is 2.29. The third-order valence-electron chi connectivity index (χ3n) is 2.30. The Morgan fingerprint density at radius 1 is 1.39 bits per heavy atom. The molecule has 0 aliphatic heterocycles. The Hall–Kier alpha value is -1.56. The highest BCUT2D eigenvalue weighted by Gasteiger charge is 2.21. The smallest absolute Gasteiger partial charge is 0.346 e. The minimum absolute atomic E-state index is 0.00220. The van der Waals surface area contributed by atoms with Crippen molar-refractivity contribution in [3.8, 4) is 5.75 Å². The second-order valence-electron chi connectivity index (χ2n) is 3.69. The number of rotatable bonds is 4. The fourth-order valence-electron chi connectivity index (χ4n) is 1.44. The largest absolute Gasteiger partial charge is 0.478 e. The van der Waals surface area contributed by atoms with Gasteiger partial charge in [0.25, 0.3) is 0 Å². The van der Waals surface area contributed by atoms with Crippen molar-refractivity contribution >= 4 is 27.9 Å². The lowest BCUT2D eigenvalue weighted by atomic mass is 10.1. The van der Waals surface area contributed by atoms with E-state index in [0.29, 0.717) is 10.0 Å². The summed E-state index contributed by atoms with van der Waals surface area (Å²) in [5, 5.41) is 9.11. The monoisotopic (exact) mass is 316 g/mol. The molecule has 1 N–H and O–H groups in total.